The molecule has 1 amide bonds. The molecule has 1 saturated heterocycles. The summed E-state index contributed by atoms with van der Waals surface area (Å²) in [6.45, 7) is 6.07. The lowest BCUT2D eigenvalue weighted by Crippen LogP contribution is -2.38. The van der Waals surface area contributed by atoms with E-state index >= 15 is 0 Å². The second kappa shape index (κ2) is 13.3. The summed E-state index contributed by atoms with van der Waals surface area (Å²) in [6.07, 6.45) is 8.78. The number of aromatic nitrogens is 2. The molecular weight excluding hydrogens is 588 g/mol. The van der Waals surface area contributed by atoms with Gasteiger partial charge in [0.2, 0.25) is 11.8 Å². The summed E-state index contributed by atoms with van der Waals surface area (Å²) in [4.78, 5) is 27.2. The monoisotopic (exact) mass is 632 g/mol. The van der Waals surface area contributed by atoms with E-state index in [2.05, 4.69) is 70.8 Å². The number of carbonyl (C=O) groups excluding carboxylic acids is 2. The molecule has 2 aliphatic carbocycles. The number of hydrogen-bond acceptors (Lipinski definition) is 6. The lowest BCUT2D eigenvalue weighted by Gasteiger charge is -2.33. The predicted molar refractivity (Wildman–Crippen MR) is 183 cm³/mol. The van der Waals surface area contributed by atoms with Gasteiger partial charge in [-0.05, 0) is 115 Å². The van der Waals surface area contributed by atoms with Crippen molar-refractivity contribution in [2.75, 3.05) is 32.1 Å². The molecule has 3 aromatic carbocycles. The van der Waals surface area contributed by atoms with Gasteiger partial charge in [0.1, 0.15) is 5.56 Å². The van der Waals surface area contributed by atoms with Crippen LogP contribution in [0.5, 0.6) is 5.88 Å². The molecule has 244 valence electrons. The number of amides is 1. The van der Waals surface area contributed by atoms with Gasteiger partial charge in [0.15, 0.2) is 0 Å². The van der Waals surface area contributed by atoms with Crippen LogP contribution in [0, 0.1) is 5.92 Å². The van der Waals surface area contributed by atoms with E-state index in [4.69, 9.17) is 9.47 Å². The van der Waals surface area contributed by atoms with E-state index in [1.807, 2.05) is 12.1 Å². The molecule has 0 bridgehead atoms. The van der Waals surface area contributed by atoms with Crippen LogP contribution < -0.4 is 10.1 Å². The fraction of sp³-hybridized carbons (Fsp3) is 0.410. The van der Waals surface area contributed by atoms with E-state index in [1.54, 1.807) is 11.6 Å². The molecule has 0 spiro atoms. The van der Waals surface area contributed by atoms with Crippen molar-refractivity contribution in [1.82, 2.24) is 14.7 Å². The SMILES string of the molecule is CCOC(=O)c1cnn(-c2cccc(-c3cccc4c3[C@H](Nc3ccc(C5CCN(C(=O)C6CC6)CC5)c(CC)c3)CC4)c2)c1OC. The van der Waals surface area contributed by atoms with Gasteiger partial charge in [-0.3, -0.25) is 4.79 Å². The Kier molecular flexibility index (Phi) is 8.76. The molecule has 1 atom stereocenters. The van der Waals surface area contributed by atoms with Gasteiger partial charge in [-0.2, -0.15) is 5.10 Å². The minimum absolute atomic E-state index is 0.187. The van der Waals surface area contributed by atoms with Crippen LogP contribution in [0.15, 0.2) is 66.9 Å². The van der Waals surface area contributed by atoms with E-state index in [-0.39, 0.29) is 12.6 Å². The molecular formula is C39H44N4O4. The number of piperidine rings is 1. The van der Waals surface area contributed by atoms with E-state index in [0.29, 0.717) is 29.2 Å². The molecule has 1 aliphatic heterocycles. The number of ether oxygens (including phenoxy) is 2. The maximum atomic E-state index is 12.6. The van der Waals surface area contributed by atoms with Crippen molar-refractivity contribution < 1.29 is 19.1 Å². The molecule has 2 heterocycles. The minimum atomic E-state index is -0.452. The van der Waals surface area contributed by atoms with Crippen LogP contribution in [0.3, 0.4) is 0 Å². The fourth-order valence-electron chi connectivity index (χ4n) is 7.55. The van der Waals surface area contributed by atoms with Gasteiger partial charge >= 0.3 is 5.97 Å². The van der Waals surface area contributed by atoms with Crippen molar-refractivity contribution in [3.8, 4) is 22.7 Å². The number of anilines is 1. The second-order valence-electron chi connectivity index (χ2n) is 13.0. The van der Waals surface area contributed by atoms with Gasteiger partial charge in [0.05, 0.1) is 31.6 Å². The summed E-state index contributed by atoms with van der Waals surface area (Å²) in [6, 6.07) is 21.9. The van der Waals surface area contributed by atoms with Crippen molar-refractivity contribution in [2.45, 2.75) is 70.8 Å². The number of esters is 1. The van der Waals surface area contributed by atoms with E-state index < -0.39 is 5.97 Å². The number of fused-ring (bicyclic) bond motifs is 1. The number of nitrogens with zero attached hydrogens (tertiary/aromatic N) is 3. The summed E-state index contributed by atoms with van der Waals surface area (Å²) in [5, 5.41) is 8.38. The van der Waals surface area contributed by atoms with Gasteiger partial charge in [-0.1, -0.05) is 43.3 Å². The van der Waals surface area contributed by atoms with Crippen molar-refractivity contribution in [3.05, 3.63) is 94.7 Å². The summed E-state index contributed by atoms with van der Waals surface area (Å²) in [5.74, 6) is 1.10. The maximum absolute atomic E-state index is 12.6. The average molecular weight is 633 g/mol. The first-order valence-electron chi connectivity index (χ1n) is 17.2. The Hall–Kier alpha value is -4.59. The fourth-order valence-corrected chi connectivity index (χ4v) is 7.55. The van der Waals surface area contributed by atoms with Crippen molar-refractivity contribution in [1.29, 1.82) is 0 Å². The molecule has 0 unspecified atom stereocenters. The highest BCUT2D eigenvalue weighted by Gasteiger charge is 2.35. The number of aryl methyl sites for hydroxylation is 2. The Balaban J connectivity index is 1.12. The first-order chi connectivity index (χ1) is 23.0. The zero-order chi connectivity index (χ0) is 32.5. The first-order valence-corrected chi connectivity index (χ1v) is 17.2. The third-order valence-corrected chi connectivity index (χ3v) is 10.1. The number of nitrogens with one attached hydrogen (secondary N) is 1. The largest absolute Gasteiger partial charge is 0.480 e. The van der Waals surface area contributed by atoms with Gasteiger partial charge < -0.3 is 19.7 Å². The zero-order valence-electron chi connectivity index (χ0n) is 27.6. The molecule has 1 aromatic heterocycles. The van der Waals surface area contributed by atoms with Crippen molar-refractivity contribution in [2.24, 2.45) is 5.92 Å². The Labute approximate surface area is 277 Å². The van der Waals surface area contributed by atoms with Gasteiger partial charge in [-0.15, -0.1) is 0 Å². The highest BCUT2D eigenvalue weighted by molar-refractivity contribution is 5.92. The molecule has 1 saturated carbocycles. The maximum Gasteiger partial charge on any atom is 0.345 e. The molecule has 8 heteroatoms. The van der Waals surface area contributed by atoms with Gasteiger partial charge in [0.25, 0.3) is 0 Å². The second-order valence-corrected chi connectivity index (χ2v) is 13.0. The van der Waals surface area contributed by atoms with Crippen molar-refractivity contribution in [3.63, 3.8) is 0 Å². The quantitative estimate of drug-likeness (QED) is 0.182. The summed E-state index contributed by atoms with van der Waals surface area (Å²) < 4.78 is 12.5. The molecule has 3 aliphatic rings. The average Bonchev–Trinajstić information content (AvgIpc) is 3.74. The standard InChI is InChI=1S/C39H44N4O4/c1-4-25-22-30(15-16-32(25)26-18-20-42(21-19-26)37(44)28-12-13-28)41-35-17-14-27-8-7-11-33(36(27)35)29-9-6-10-31(23-29)43-38(46-3)34(24-40-43)39(45)47-5-2/h6-11,15-16,22-24,26,28,35,41H,4-5,12-14,17-21H2,1-3H3/t35-/m1/s1. The molecule has 1 N–H and O–H groups in total. The Morgan fingerprint density at radius 1 is 0.957 bits per heavy atom. The van der Waals surface area contributed by atoms with Crippen LogP contribution >= 0.6 is 0 Å². The predicted octanol–water partition coefficient (Wildman–Crippen LogP) is 7.50. The topological polar surface area (TPSA) is 85.7 Å². The van der Waals surface area contributed by atoms with Crippen molar-refractivity contribution >= 4 is 17.6 Å². The number of rotatable bonds is 10. The smallest absolute Gasteiger partial charge is 0.345 e. The molecule has 8 nitrogen and oxygen atoms in total. The van der Waals surface area contributed by atoms with Crippen LogP contribution in [-0.4, -0.2) is 53.4 Å². The Morgan fingerprint density at radius 3 is 2.51 bits per heavy atom. The van der Waals surface area contributed by atoms with Crippen LogP contribution in [-0.2, 0) is 22.4 Å². The first kappa shape index (κ1) is 31.0. The molecule has 7 rings (SSSR count). The van der Waals surface area contributed by atoms with Crippen LogP contribution in [0.4, 0.5) is 5.69 Å². The lowest BCUT2D eigenvalue weighted by atomic mass is 9.85. The molecule has 0 radical (unpaired) electrons. The third kappa shape index (κ3) is 6.13. The number of carbonyl (C=O) groups is 2. The normalized spacial score (nSPS) is 17.8. The lowest BCUT2D eigenvalue weighted by molar-refractivity contribution is -0.133. The van der Waals surface area contributed by atoms with Crippen LogP contribution in [0.1, 0.15) is 90.5 Å². The third-order valence-electron chi connectivity index (χ3n) is 10.1. The van der Waals surface area contributed by atoms with E-state index in [9.17, 15) is 9.59 Å². The zero-order valence-corrected chi connectivity index (χ0v) is 27.6. The molecule has 4 aromatic rings. The van der Waals surface area contributed by atoms with E-state index in [1.165, 1.54) is 41.1 Å². The Morgan fingerprint density at radius 2 is 1.77 bits per heavy atom. The van der Waals surface area contributed by atoms with Crippen LogP contribution in [0.2, 0.25) is 0 Å². The van der Waals surface area contributed by atoms with Gasteiger partial charge in [-0.25, -0.2) is 9.48 Å². The number of likely N-dealkylation sites (tertiary alicyclic amines) is 1. The van der Waals surface area contributed by atoms with Crippen LogP contribution in [0.25, 0.3) is 16.8 Å². The number of benzene rings is 3. The summed E-state index contributed by atoms with van der Waals surface area (Å²) >= 11 is 0. The summed E-state index contributed by atoms with van der Waals surface area (Å²) in [5.41, 5.74) is 10.1. The van der Waals surface area contributed by atoms with E-state index in [0.717, 1.165) is 75.0 Å². The number of hydrogen-bond donors (Lipinski definition) is 1. The molecule has 47 heavy (non-hydrogen) atoms. The minimum Gasteiger partial charge on any atom is -0.480 e. The highest BCUT2D eigenvalue weighted by atomic mass is 16.5. The van der Waals surface area contributed by atoms with Gasteiger partial charge in [0, 0.05) is 24.7 Å². The Bertz CT molecular complexity index is 1780. The highest BCUT2D eigenvalue weighted by Crippen LogP contribution is 2.42. The summed E-state index contributed by atoms with van der Waals surface area (Å²) in [7, 11) is 1.54. The number of methoxy groups -OCH3 is 1. The molecule has 2 fully saturated rings.